The molecule has 2 aliphatic heterocycles. The topological polar surface area (TPSA) is 222 Å². The van der Waals surface area contributed by atoms with Gasteiger partial charge >= 0.3 is 0 Å². The Hall–Kier alpha value is -5.39. The summed E-state index contributed by atoms with van der Waals surface area (Å²) in [5, 5.41) is 25.3. The third kappa shape index (κ3) is 13.6. The molecule has 2 fully saturated rings. The summed E-state index contributed by atoms with van der Waals surface area (Å²) in [6.07, 6.45) is 4.77. The van der Waals surface area contributed by atoms with E-state index in [2.05, 4.69) is 42.5 Å². The van der Waals surface area contributed by atoms with Gasteiger partial charge in [0, 0.05) is 38.5 Å². The number of unbranched alkanes of at least 4 members (excludes halogenated alkanes) is 1. The molecule has 17 heteroatoms. The molecule has 7 amide bonds. The Morgan fingerprint density at radius 2 is 1.04 bits per heavy atom. The van der Waals surface area contributed by atoms with Crippen molar-refractivity contribution < 1.29 is 33.6 Å². The Kier molecular flexibility index (Phi) is 18.5. The molecule has 2 saturated heterocycles. The predicted octanol–water partition coefficient (Wildman–Crippen LogP) is 3.08. The largest absolute Gasteiger partial charge is 0.351 e. The van der Waals surface area contributed by atoms with E-state index < -0.39 is 53.7 Å². The van der Waals surface area contributed by atoms with Crippen LogP contribution in [-0.4, -0.2) is 133 Å². The fraction of sp³-hybridized carbons (Fsp3) is 0.648. The number of benzene rings is 2. The molecule has 4 aliphatic rings. The van der Waals surface area contributed by atoms with Crippen LogP contribution < -0.4 is 42.5 Å². The number of rotatable bonds is 20. The monoisotopic (exact) mass is 983 g/mol. The van der Waals surface area contributed by atoms with E-state index in [1.807, 2.05) is 104 Å². The summed E-state index contributed by atoms with van der Waals surface area (Å²) in [5.74, 6) is -1.58. The Balaban J connectivity index is 1.02. The molecule has 2 aromatic carbocycles. The van der Waals surface area contributed by atoms with E-state index in [0.29, 0.717) is 64.6 Å². The standard InChI is InChI=1S/C54H82N10O7/c1-32(55-9)31-57-46(53(3,4)5)51(70)63-27-17-23-40(63)49(68)60-44-36-21-13-11-19-34(36)29-38(44)58-42(65)25-15-16-26-43(66)59-39-30-35-20-12-14-22-37(35)45(39)61-50(69)41-24-18-28-64(41)52(71)47(54(6,7)8)62-48(67)33(2)56-10/h11-14,19-22,32-33,38-41,44-47,55-57H,15-18,23-31H2,1-10H3,(H,58,65)(H,59,66)(H,60,68)(H,61,69)(H,62,67). The molecule has 0 bridgehead atoms. The number of amides is 7. The lowest BCUT2D eigenvalue weighted by Crippen LogP contribution is -2.59. The first-order chi connectivity index (χ1) is 33.6. The molecule has 0 aromatic heterocycles. The highest BCUT2D eigenvalue weighted by molar-refractivity contribution is 5.94. The van der Waals surface area contributed by atoms with Gasteiger partial charge < -0.3 is 52.3 Å². The van der Waals surface area contributed by atoms with Crippen molar-refractivity contribution in [1.82, 2.24) is 52.3 Å². The van der Waals surface area contributed by atoms with Crippen molar-refractivity contribution >= 4 is 41.4 Å². The summed E-state index contributed by atoms with van der Waals surface area (Å²) < 4.78 is 0. The van der Waals surface area contributed by atoms with E-state index in [-0.39, 0.29) is 71.7 Å². The van der Waals surface area contributed by atoms with Crippen LogP contribution in [0.2, 0.25) is 0 Å². The summed E-state index contributed by atoms with van der Waals surface area (Å²) in [5.41, 5.74) is 2.93. The number of nitrogens with one attached hydrogen (secondary N) is 8. The number of likely N-dealkylation sites (N-methyl/N-ethyl adjacent to an activating group) is 2. The van der Waals surface area contributed by atoms with Gasteiger partial charge in [-0.2, -0.15) is 0 Å². The fourth-order valence-corrected chi connectivity index (χ4v) is 10.6. The summed E-state index contributed by atoms with van der Waals surface area (Å²) in [7, 11) is 3.57. The number of carbonyl (C=O) groups is 7. The first-order valence-corrected chi connectivity index (χ1v) is 26.0. The van der Waals surface area contributed by atoms with Crippen LogP contribution in [0.25, 0.3) is 0 Å². The summed E-state index contributed by atoms with van der Waals surface area (Å²) in [6, 6.07) is 10.9. The number of likely N-dealkylation sites (tertiary alicyclic amines) is 2. The zero-order chi connectivity index (χ0) is 51.8. The Morgan fingerprint density at radius 3 is 1.46 bits per heavy atom. The first-order valence-electron chi connectivity index (χ1n) is 26.0. The molecule has 8 N–H and O–H groups in total. The van der Waals surface area contributed by atoms with Gasteiger partial charge in [0.1, 0.15) is 18.1 Å². The Bertz CT molecular complexity index is 2240. The lowest BCUT2D eigenvalue weighted by atomic mass is 9.85. The van der Waals surface area contributed by atoms with Gasteiger partial charge in [-0.15, -0.1) is 0 Å². The highest BCUT2D eigenvalue weighted by Gasteiger charge is 2.45. The Labute approximate surface area is 421 Å². The number of hydrogen-bond donors (Lipinski definition) is 8. The first kappa shape index (κ1) is 54.9. The average molecular weight is 983 g/mol. The van der Waals surface area contributed by atoms with Crippen molar-refractivity contribution in [1.29, 1.82) is 0 Å². The van der Waals surface area contributed by atoms with Gasteiger partial charge in [-0.3, -0.25) is 33.6 Å². The molecule has 6 rings (SSSR count). The molecular formula is C54H82N10O7. The minimum atomic E-state index is -0.839. The maximum atomic E-state index is 14.1. The van der Waals surface area contributed by atoms with E-state index >= 15 is 0 Å². The fourth-order valence-electron chi connectivity index (χ4n) is 10.6. The average Bonchev–Trinajstić information content (AvgIpc) is 4.14. The molecule has 390 valence electrons. The molecule has 17 nitrogen and oxygen atoms in total. The minimum Gasteiger partial charge on any atom is -0.351 e. The van der Waals surface area contributed by atoms with Crippen LogP contribution in [-0.2, 0) is 46.4 Å². The van der Waals surface area contributed by atoms with Gasteiger partial charge in [0.25, 0.3) is 0 Å². The number of hydrogen-bond acceptors (Lipinski definition) is 10. The second kappa shape index (κ2) is 23.9. The van der Waals surface area contributed by atoms with Crippen molar-refractivity contribution in [2.75, 3.05) is 33.7 Å². The normalized spacial score (nSPS) is 23.5. The summed E-state index contributed by atoms with van der Waals surface area (Å²) in [4.78, 5) is 99.8. The molecule has 71 heavy (non-hydrogen) atoms. The van der Waals surface area contributed by atoms with Crippen LogP contribution >= 0.6 is 0 Å². The summed E-state index contributed by atoms with van der Waals surface area (Å²) in [6.45, 7) is 17.0. The Morgan fingerprint density at radius 1 is 0.606 bits per heavy atom. The van der Waals surface area contributed by atoms with Gasteiger partial charge in [0.05, 0.1) is 36.3 Å². The molecule has 2 aromatic rings. The van der Waals surface area contributed by atoms with Crippen molar-refractivity contribution in [2.45, 2.75) is 180 Å². The van der Waals surface area contributed by atoms with Crippen LogP contribution in [0.3, 0.4) is 0 Å². The van der Waals surface area contributed by atoms with Gasteiger partial charge in [0.15, 0.2) is 0 Å². The maximum Gasteiger partial charge on any atom is 0.246 e. The zero-order valence-corrected chi connectivity index (χ0v) is 43.8. The predicted molar refractivity (Wildman–Crippen MR) is 274 cm³/mol. The van der Waals surface area contributed by atoms with E-state index in [0.717, 1.165) is 28.7 Å². The van der Waals surface area contributed by atoms with Gasteiger partial charge in [-0.25, -0.2) is 0 Å². The van der Waals surface area contributed by atoms with Crippen LogP contribution in [0.5, 0.6) is 0 Å². The molecule has 10 atom stereocenters. The number of fused-ring (bicyclic) bond motifs is 2. The van der Waals surface area contributed by atoms with Crippen molar-refractivity contribution in [3.8, 4) is 0 Å². The van der Waals surface area contributed by atoms with Crippen molar-refractivity contribution in [2.24, 2.45) is 10.8 Å². The third-order valence-corrected chi connectivity index (χ3v) is 14.9. The molecule has 2 heterocycles. The SMILES string of the molecule is CNC(C)CNC(C(=O)N1CCCC1C(=O)NC1c2ccccc2CC1NC(=O)CCCCC(=O)NC1Cc2ccccc2C1NC(=O)C1CCCN1C(=O)C(NC(=O)C(C)NC)C(C)(C)C)C(C)(C)C. The van der Waals surface area contributed by atoms with Crippen LogP contribution in [0.1, 0.15) is 141 Å². The molecule has 10 unspecified atom stereocenters. The van der Waals surface area contributed by atoms with Crippen molar-refractivity contribution in [3.63, 3.8) is 0 Å². The number of carbonyl (C=O) groups excluding carboxylic acids is 7. The lowest BCUT2D eigenvalue weighted by Gasteiger charge is -2.36. The highest BCUT2D eigenvalue weighted by atomic mass is 16.2. The van der Waals surface area contributed by atoms with E-state index in [9.17, 15) is 33.6 Å². The van der Waals surface area contributed by atoms with Crippen molar-refractivity contribution in [3.05, 3.63) is 70.8 Å². The number of nitrogens with zero attached hydrogens (tertiary/aromatic N) is 2. The van der Waals surface area contributed by atoms with Gasteiger partial charge in [-0.1, -0.05) is 90.1 Å². The highest BCUT2D eigenvalue weighted by Crippen LogP contribution is 2.35. The van der Waals surface area contributed by atoms with E-state index in [1.54, 1.807) is 23.8 Å². The van der Waals surface area contributed by atoms with Crippen LogP contribution in [0.15, 0.2) is 48.5 Å². The summed E-state index contributed by atoms with van der Waals surface area (Å²) >= 11 is 0. The minimum absolute atomic E-state index is 0.0843. The van der Waals surface area contributed by atoms with Gasteiger partial charge in [0.2, 0.25) is 41.4 Å². The third-order valence-electron chi connectivity index (χ3n) is 14.9. The van der Waals surface area contributed by atoms with Gasteiger partial charge in [-0.05, 0) is 112 Å². The molecular weight excluding hydrogens is 901 g/mol. The van der Waals surface area contributed by atoms with Crippen LogP contribution in [0, 0.1) is 10.8 Å². The molecule has 2 aliphatic carbocycles. The van der Waals surface area contributed by atoms with Crippen LogP contribution in [0.4, 0.5) is 0 Å². The second-order valence-electron chi connectivity index (χ2n) is 22.4. The lowest BCUT2D eigenvalue weighted by molar-refractivity contribution is -0.144. The molecule has 0 radical (unpaired) electrons. The van der Waals surface area contributed by atoms with E-state index in [4.69, 9.17) is 0 Å². The second-order valence-corrected chi connectivity index (χ2v) is 22.4. The zero-order valence-electron chi connectivity index (χ0n) is 43.8. The molecule has 0 saturated carbocycles. The van der Waals surface area contributed by atoms with E-state index in [1.165, 1.54) is 0 Å². The molecule has 0 spiro atoms. The maximum absolute atomic E-state index is 14.1. The smallest absolute Gasteiger partial charge is 0.246 e. The quantitative estimate of drug-likeness (QED) is 0.0907.